The van der Waals surface area contributed by atoms with E-state index < -0.39 is 0 Å². The second kappa shape index (κ2) is 7.57. The summed E-state index contributed by atoms with van der Waals surface area (Å²) in [4.78, 5) is 16.7. The SMILES string of the molecule is CCc1cccc(CC)c1OC(=O)CN1CCN(C)CC1. The molecule has 0 aromatic heterocycles. The van der Waals surface area contributed by atoms with E-state index in [4.69, 9.17) is 4.74 Å². The molecule has 0 saturated carbocycles. The summed E-state index contributed by atoms with van der Waals surface area (Å²) in [6.45, 7) is 8.45. The highest BCUT2D eigenvalue weighted by atomic mass is 16.5. The van der Waals surface area contributed by atoms with Crippen LogP contribution in [0.3, 0.4) is 0 Å². The summed E-state index contributed by atoms with van der Waals surface area (Å²) in [5.41, 5.74) is 2.22. The maximum atomic E-state index is 12.2. The van der Waals surface area contributed by atoms with Crippen LogP contribution in [0.25, 0.3) is 0 Å². The van der Waals surface area contributed by atoms with Crippen molar-refractivity contribution < 1.29 is 9.53 Å². The molecule has 0 N–H and O–H groups in total. The normalized spacial score (nSPS) is 16.9. The molecule has 1 heterocycles. The van der Waals surface area contributed by atoms with Gasteiger partial charge < -0.3 is 9.64 Å². The Hall–Kier alpha value is -1.39. The minimum atomic E-state index is -0.143. The van der Waals surface area contributed by atoms with Gasteiger partial charge in [0.15, 0.2) is 0 Å². The van der Waals surface area contributed by atoms with Crippen molar-refractivity contribution in [2.75, 3.05) is 39.8 Å². The van der Waals surface area contributed by atoms with Crippen LogP contribution in [0.5, 0.6) is 5.75 Å². The van der Waals surface area contributed by atoms with Crippen LogP contribution in [0, 0.1) is 0 Å². The largest absolute Gasteiger partial charge is 0.425 e. The first-order chi connectivity index (χ1) is 10.1. The maximum Gasteiger partial charge on any atom is 0.325 e. The number of carbonyl (C=O) groups excluding carboxylic acids is 1. The molecule has 1 aromatic carbocycles. The highest BCUT2D eigenvalue weighted by molar-refractivity contribution is 5.75. The van der Waals surface area contributed by atoms with Crippen molar-refractivity contribution in [1.82, 2.24) is 9.80 Å². The first kappa shape index (κ1) is 16.0. The number of carbonyl (C=O) groups is 1. The van der Waals surface area contributed by atoms with E-state index in [9.17, 15) is 4.79 Å². The van der Waals surface area contributed by atoms with Gasteiger partial charge in [-0.15, -0.1) is 0 Å². The van der Waals surface area contributed by atoms with E-state index in [1.165, 1.54) is 0 Å². The molecule has 1 aliphatic heterocycles. The quantitative estimate of drug-likeness (QED) is 0.613. The lowest BCUT2D eigenvalue weighted by Crippen LogP contribution is -2.46. The zero-order chi connectivity index (χ0) is 15.2. The fourth-order valence-corrected chi connectivity index (χ4v) is 2.66. The Bertz CT molecular complexity index is 457. The Morgan fingerprint density at radius 3 is 2.19 bits per heavy atom. The van der Waals surface area contributed by atoms with Crippen molar-refractivity contribution in [2.45, 2.75) is 26.7 Å². The van der Waals surface area contributed by atoms with Gasteiger partial charge in [-0.05, 0) is 31.0 Å². The number of likely N-dealkylation sites (N-methyl/N-ethyl adjacent to an activating group) is 1. The van der Waals surface area contributed by atoms with Gasteiger partial charge in [0.25, 0.3) is 0 Å². The van der Waals surface area contributed by atoms with E-state index in [1.54, 1.807) is 0 Å². The molecule has 0 aliphatic carbocycles. The van der Waals surface area contributed by atoms with Gasteiger partial charge in [0.1, 0.15) is 5.75 Å². The standard InChI is InChI=1S/C17H26N2O2/c1-4-14-7-6-8-15(5-2)17(14)21-16(20)13-19-11-9-18(3)10-12-19/h6-8H,4-5,9-13H2,1-3H3. The number of rotatable bonds is 5. The molecule has 0 amide bonds. The molecule has 4 nitrogen and oxygen atoms in total. The third-order valence-corrected chi connectivity index (χ3v) is 4.10. The van der Waals surface area contributed by atoms with Crippen LogP contribution < -0.4 is 4.74 Å². The first-order valence-corrected chi connectivity index (χ1v) is 7.86. The zero-order valence-corrected chi connectivity index (χ0v) is 13.4. The van der Waals surface area contributed by atoms with Crippen molar-refractivity contribution >= 4 is 5.97 Å². The number of hydrogen-bond donors (Lipinski definition) is 0. The molecule has 2 rings (SSSR count). The molecular weight excluding hydrogens is 264 g/mol. The molecule has 0 spiro atoms. The number of ether oxygens (including phenoxy) is 1. The van der Waals surface area contributed by atoms with Crippen LogP contribution >= 0.6 is 0 Å². The number of aryl methyl sites for hydroxylation is 2. The Kier molecular flexibility index (Phi) is 5.76. The van der Waals surface area contributed by atoms with Crippen molar-refractivity contribution in [2.24, 2.45) is 0 Å². The van der Waals surface area contributed by atoms with Crippen LogP contribution in [-0.2, 0) is 17.6 Å². The lowest BCUT2D eigenvalue weighted by Gasteiger charge is -2.31. The first-order valence-electron chi connectivity index (χ1n) is 7.86. The number of benzene rings is 1. The maximum absolute atomic E-state index is 12.2. The van der Waals surface area contributed by atoms with Gasteiger partial charge in [0.2, 0.25) is 0 Å². The van der Waals surface area contributed by atoms with Gasteiger partial charge in [-0.2, -0.15) is 0 Å². The van der Waals surface area contributed by atoms with Gasteiger partial charge in [0.05, 0.1) is 6.54 Å². The number of nitrogens with zero attached hydrogens (tertiary/aromatic N) is 2. The predicted molar refractivity (Wildman–Crippen MR) is 84.8 cm³/mol. The molecule has 4 heteroatoms. The van der Waals surface area contributed by atoms with E-state index in [0.717, 1.165) is 55.9 Å². The summed E-state index contributed by atoms with van der Waals surface area (Å²) in [6, 6.07) is 6.12. The number of esters is 1. The third-order valence-electron chi connectivity index (χ3n) is 4.10. The summed E-state index contributed by atoms with van der Waals surface area (Å²) in [7, 11) is 2.11. The predicted octanol–water partition coefficient (Wildman–Crippen LogP) is 1.96. The molecule has 1 aliphatic rings. The minimum Gasteiger partial charge on any atom is -0.425 e. The van der Waals surface area contributed by atoms with Gasteiger partial charge in [-0.1, -0.05) is 32.0 Å². The summed E-state index contributed by atoms with van der Waals surface area (Å²) in [6.07, 6.45) is 1.76. The second-order valence-corrected chi connectivity index (χ2v) is 5.67. The van der Waals surface area contributed by atoms with E-state index >= 15 is 0 Å². The van der Waals surface area contributed by atoms with Crippen LogP contribution in [0.1, 0.15) is 25.0 Å². The lowest BCUT2D eigenvalue weighted by atomic mass is 10.0. The number of hydrogen-bond acceptors (Lipinski definition) is 4. The van der Waals surface area contributed by atoms with Gasteiger partial charge >= 0.3 is 5.97 Å². The zero-order valence-electron chi connectivity index (χ0n) is 13.4. The monoisotopic (exact) mass is 290 g/mol. The van der Waals surface area contributed by atoms with Crippen LogP contribution in [0.15, 0.2) is 18.2 Å². The molecular formula is C17H26N2O2. The fraction of sp³-hybridized carbons (Fsp3) is 0.588. The molecule has 1 aromatic rings. The Labute approximate surface area is 127 Å². The number of para-hydroxylation sites is 1. The molecule has 1 fully saturated rings. The van der Waals surface area contributed by atoms with E-state index in [2.05, 4.69) is 30.7 Å². The average molecular weight is 290 g/mol. The highest BCUT2D eigenvalue weighted by Gasteiger charge is 2.19. The van der Waals surface area contributed by atoms with Gasteiger partial charge in [-0.25, -0.2) is 0 Å². The fourth-order valence-electron chi connectivity index (χ4n) is 2.66. The average Bonchev–Trinajstić information content (AvgIpc) is 2.49. The van der Waals surface area contributed by atoms with Crippen LogP contribution in [0.2, 0.25) is 0 Å². The second-order valence-electron chi connectivity index (χ2n) is 5.67. The summed E-state index contributed by atoms with van der Waals surface area (Å²) in [5, 5.41) is 0. The molecule has 0 radical (unpaired) electrons. The summed E-state index contributed by atoms with van der Waals surface area (Å²) in [5.74, 6) is 0.636. The smallest absolute Gasteiger partial charge is 0.325 e. The molecule has 0 bridgehead atoms. The molecule has 0 unspecified atom stereocenters. The third kappa shape index (κ3) is 4.29. The summed E-state index contributed by atoms with van der Waals surface area (Å²) >= 11 is 0. The van der Waals surface area contributed by atoms with Crippen molar-refractivity contribution in [3.63, 3.8) is 0 Å². The van der Waals surface area contributed by atoms with Gasteiger partial charge in [0, 0.05) is 26.2 Å². The minimum absolute atomic E-state index is 0.143. The molecule has 0 atom stereocenters. The van der Waals surface area contributed by atoms with E-state index in [1.807, 2.05) is 18.2 Å². The molecule has 1 saturated heterocycles. The Morgan fingerprint density at radius 1 is 1.10 bits per heavy atom. The summed E-state index contributed by atoms with van der Waals surface area (Å²) < 4.78 is 5.69. The lowest BCUT2D eigenvalue weighted by molar-refractivity contribution is -0.136. The van der Waals surface area contributed by atoms with Crippen LogP contribution in [0.4, 0.5) is 0 Å². The van der Waals surface area contributed by atoms with Crippen molar-refractivity contribution in [3.05, 3.63) is 29.3 Å². The molecule has 116 valence electrons. The Balaban J connectivity index is 1.99. The van der Waals surface area contributed by atoms with Gasteiger partial charge in [-0.3, -0.25) is 9.69 Å². The van der Waals surface area contributed by atoms with Crippen molar-refractivity contribution in [1.29, 1.82) is 0 Å². The number of piperazine rings is 1. The van der Waals surface area contributed by atoms with E-state index in [-0.39, 0.29) is 5.97 Å². The highest BCUT2D eigenvalue weighted by Crippen LogP contribution is 2.25. The van der Waals surface area contributed by atoms with Crippen molar-refractivity contribution in [3.8, 4) is 5.75 Å². The molecule has 21 heavy (non-hydrogen) atoms. The van der Waals surface area contributed by atoms with E-state index in [0.29, 0.717) is 6.54 Å². The topological polar surface area (TPSA) is 32.8 Å². The Morgan fingerprint density at radius 2 is 1.67 bits per heavy atom. The van der Waals surface area contributed by atoms with Crippen LogP contribution in [-0.4, -0.2) is 55.5 Å².